The highest BCUT2D eigenvalue weighted by molar-refractivity contribution is 7.91. The molecule has 0 bridgehead atoms. The van der Waals surface area contributed by atoms with Crippen LogP contribution in [0.1, 0.15) is 19.4 Å². The van der Waals surface area contributed by atoms with Crippen LogP contribution in [0.5, 0.6) is 5.88 Å². The summed E-state index contributed by atoms with van der Waals surface area (Å²) < 4.78 is 54.9. The first kappa shape index (κ1) is 18.2. The van der Waals surface area contributed by atoms with Crippen LogP contribution in [-0.2, 0) is 9.84 Å². The zero-order chi connectivity index (χ0) is 18.0. The number of alkyl halides is 2. The van der Waals surface area contributed by atoms with Gasteiger partial charge in [0.05, 0.1) is 10.6 Å². The van der Waals surface area contributed by atoms with Gasteiger partial charge in [0.2, 0.25) is 5.88 Å². The Hall–Kier alpha value is -2.16. The minimum atomic E-state index is -3.49. The minimum Gasteiger partial charge on any atom is -0.470 e. The number of halogens is 2. The summed E-state index contributed by atoms with van der Waals surface area (Å²) in [4.78, 5) is 4.15. The molecule has 0 N–H and O–H groups in total. The molecule has 9 heteroatoms. The van der Waals surface area contributed by atoms with E-state index in [9.17, 15) is 17.2 Å². The van der Waals surface area contributed by atoms with Crippen molar-refractivity contribution in [3.63, 3.8) is 0 Å². The number of aromatic nitrogens is 3. The lowest BCUT2D eigenvalue weighted by atomic mass is 10.1. The van der Waals surface area contributed by atoms with Gasteiger partial charge >= 0.3 is 0 Å². The Kier molecular flexibility index (Phi) is 5.12. The van der Waals surface area contributed by atoms with Crippen molar-refractivity contribution in [1.82, 2.24) is 15.2 Å². The molecule has 0 fully saturated rings. The van der Waals surface area contributed by atoms with Gasteiger partial charge in [-0.1, -0.05) is 6.92 Å². The molecule has 0 aliphatic rings. The van der Waals surface area contributed by atoms with Crippen LogP contribution in [0.3, 0.4) is 0 Å². The molecule has 0 saturated heterocycles. The molecule has 2 heterocycles. The molecule has 130 valence electrons. The van der Waals surface area contributed by atoms with E-state index in [2.05, 4.69) is 15.2 Å². The average molecular weight is 357 g/mol. The van der Waals surface area contributed by atoms with Crippen molar-refractivity contribution < 1.29 is 21.9 Å². The Morgan fingerprint density at radius 3 is 2.54 bits per heavy atom. The van der Waals surface area contributed by atoms with E-state index in [-0.39, 0.29) is 27.9 Å². The largest absolute Gasteiger partial charge is 0.470 e. The third-order valence-corrected chi connectivity index (χ3v) is 4.91. The molecule has 2 aromatic heterocycles. The highest BCUT2D eigenvalue weighted by atomic mass is 32.2. The standard InChI is InChI=1S/C15H17F2N3O3S/c1-4-24(21,22)11-6-5-7-18-14(11)13-10(2)8-12(19-20-13)23-9-15(3,16)17/h5-8H,4,9H2,1-3H3. The van der Waals surface area contributed by atoms with E-state index in [0.29, 0.717) is 5.56 Å². The Morgan fingerprint density at radius 1 is 1.25 bits per heavy atom. The fourth-order valence-corrected chi connectivity index (χ4v) is 2.98. The molecule has 0 aliphatic carbocycles. The highest BCUT2D eigenvalue weighted by Gasteiger charge is 2.24. The number of sulfone groups is 1. The Morgan fingerprint density at radius 2 is 1.96 bits per heavy atom. The highest BCUT2D eigenvalue weighted by Crippen LogP contribution is 2.27. The van der Waals surface area contributed by atoms with Crippen LogP contribution in [0.15, 0.2) is 29.3 Å². The molecular formula is C15H17F2N3O3S. The van der Waals surface area contributed by atoms with Gasteiger partial charge in [-0.3, -0.25) is 4.98 Å². The molecule has 2 aromatic rings. The van der Waals surface area contributed by atoms with E-state index in [1.54, 1.807) is 6.92 Å². The van der Waals surface area contributed by atoms with E-state index in [4.69, 9.17) is 4.74 Å². The number of pyridine rings is 1. The van der Waals surface area contributed by atoms with E-state index in [0.717, 1.165) is 6.92 Å². The molecule has 0 aromatic carbocycles. The monoisotopic (exact) mass is 357 g/mol. The summed E-state index contributed by atoms with van der Waals surface area (Å²) in [6.45, 7) is 3.10. The van der Waals surface area contributed by atoms with Crippen molar-refractivity contribution in [3.8, 4) is 17.3 Å². The minimum absolute atomic E-state index is 0.0543. The fraction of sp³-hybridized carbons (Fsp3) is 0.400. The van der Waals surface area contributed by atoms with Crippen molar-refractivity contribution in [2.45, 2.75) is 31.6 Å². The van der Waals surface area contributed by atoms with Crippen LogP contribution in [0.25, 0.3) is 11.4 Å². The lowest BCUT2D eigenvalue weighted by Gasteiger charge is -2.13. The van der Waals surface area contributed by atoms with Crippen LogP contribution >= 0.6 is 0 Å². The van der Waals surface area contributed by atoms with Crippen LogP contribution < -0.4 is 4.74 Å². The lowest BCUT2D eigenvalue weighted by molar-refractivity contribution is -0.0245. The quantitative estimate of drug-likeness (QED) is 0.790. The fourth-order valence-electron chi connectivity index (χ4n) is 1.94. The summed E-state index contributed by atoms with van der Waals surface area (Å²) in [6.07, 6.45) is 1.45. The summed E-state index contributed by atoms with van der Waals surface area (Å²) in [5.41, 5.74) is 0.959. The maximum atomic E-state index is 12.8. The van der Waals surface area contributed by atoms with Crippen LogP contribution in [0.2, 0.25) is 0 Å². The van der Waals surface area contributed by atoms with Gasteiger partial charge in [0, 0.05) is 19.2 Å². The smallest absolute Gasteiger partial charge is 0.278 e. The number of ether oxygens (including phenoxy) is 1. The molecule has 0 spiro atoms. The zero-order valence-electron chi connectivity index (χ0n) is 13.5. The van der Waals surface area contributed by atoms with E-state index in [1.165, 1.54) is 31.3 Å². The maximum absolute atomic E-state index is 12.8. The third kappa shape index (κ3) is 4.22. The Balaban J connectivity index is 2.41. The molecule has 0 amide bonds. The van der Waals surface area contributed by atoms with Crippen molar-refractivity contribution in [2.75, 3.05) is 12.4 Å². The molecule has 24 heavy (non-hydrogen) atoms. The molecule has 2 rings (SSSR count). The molecule has 0 radical (unpaired) electrons. The summed E-state index contributed by atoms with van der Waals surface area (Å²) in [7, 11) is -3.49. The normalized spacial score (nSPS) is 12.2. The second kappa shape index (κ2) is 6.76. The van der Waals surface area contributed by atoms with Gasteiger partial charge in [-0.2, -0.15) is 0 Å². The van der Waals surface area contributed by atoms with Crippen molar-refractivity contribution in [2.24, 2.45) is 0 Å². The van der Waals surface area contributed by atoms with Gasteiger partial charge < -0.3 is 4.74 Å². The number of hydrogen-bond donors (Lipinski definition) is 0. The third-order valence-electron chi connectivity index (χ3n) is 3.15. The first-order chi connectivity index (χ1) is 11.1. The predicted molar refractivity (Wildman–Crippen MR) is 83.8 cm³/mol. The van der Waals surface area contributed by atoms with Crippen molar-refractivity contribution in [3.05, 3.63) is 30.0 Å². The number of nitrogens with zero attached hydrogens (tertiary/aromatic N) is 3. The van der Waals surface area contributed by atoms with Gasteiger partial charge in [0.1, 0.15) is 11.4 Å². The van der Waals surface area contributed by atoms with Crippen LogP contribution in [-0.4, -0.2) is 41.9 Å². The SMILES string of the molecule is CCS(=O)(=O)c1cccnc1-c1nnc(OCC(C)(F)F)cc1C. The maximum Gasteiger partial charge on any atom is 0.278 e. The summed E-state index contributed by atoms with van der Waals surface area (Å²) in [5.74, 6) is -3.13. The van der Waals surface area contributed by atoms with E-state index in [1.807, 2.05) is 0 Å². The Bertz CT molecular complexity index is 836. The molecule has 0 aliphatic heterocycles. The topological polar surface area (TPSA) is 82.0 Å². The number of aryl methyl sites for hydroxylation is 1. The number of rotatable bonds is 6. The average Bonchev–Trinajstić information content (AvgIpc) is 2.52. The van der Waals surface area contributed by atoms with Gasteiger partial charge in [0.25, 0.3) is 5.92 Å². The zero-order valence-corrected chi connectivity index (χ0v) is 14.3. The van der Waals surface area contributed by atoms with Crippen molar-refractivity contribution >= 4 is 9.84 Å². The van der Waals surface area contributed by atoms with Gasteiger partial charge in [-0.25, -0.2) is 17.2 Å². The first-order valence-corrected chi connectivity index (χ1v) is 8.82. The number of hydrogen-bond acceptors (Lipinski definition) is 6. The molecule has 0 unspecified atom stereocenters. The summed E-state index contributed by atoms with van der Waals surface area (Å²) >= 11 is 0. The van der Waals surface area contributed by atoms with E-state index < -0.39 is 22.4 Å². The molecule has 6 nitrogen and oxygen atoms in total. The van der Waals surface area contributed by atoms with E-state index >= 15 is 0 Å². The second-order valence-electron chi connectivity index (χ2n) is 5.33. The second-order valence-corrected chi connectivity index (χ2v) is 7.57. The predicted octanol–water partition coefficient (Wildman–Crippen LogP) is 2.67. The summed E-state index contributed by atoms with van der Waals surface area (Å²) in [6, 6.07) is 4.39. The van der Waals surface area contributed by atoms with Crippen LogP contribution in [0, 0.1) is 6.92 Å². The van der Waals surface area contributed by atoms with Gasteiger partial charge in [0.15, 0.2) is 16.4 Å². The lowest BCUT2D eigenvalue weighted by Crippen LogP contribution is -2.21. The molecule has 0 atom stereocenters. The van der Waals surface area contributed by atoms with Gasteiger partial charge in [-0.15, -0.1) is 10.2 Å². The molecular weight excluding hydrogens is 340 g/mol. The molecule has 0 saturated carbocycles. The van der Waals surface area contributed by atoms with Crippen LogP contribution in [0.4, 0.5) is 8.78 Å². The van der Waals surface area contributed by atoms with Crippen molar-refractivity contribution in [1.29, 1.82) is 0 Å². The Labute approximate surface area is 138 Å². The first-order valence-electron chi connectivity index (χ1n) is 7.17. The summed E-state index contributed by atoms with van der Waals surface area (Å²) in [5, 5.41) is 7.64. The van der Waals surface area contributed by atoms with Gasteiger partial charge in [-0.05, 0) is 24.6 Å².